The van der Waals surface area contributed by atoms with Crippen LogP contribution in [-0.2, 0) is 0 Å². The fourth-order valence-electron chi connectivity index (χ4n) is 2.33. The van der Waals surface area contributed by atoms with E-state index in [1.165, 1.54) is 32.2 Å². The van der Waals surface area contributed by atoms with E-state index in [1.54, 1.807) is 0 Å². The highest BCUT2D eigenvalue weighted by Crippen LogP contribution is 2.51. The molecule has 2 aliphatic rings. The SMILES string of the molecule is CC(C)C1(CNCC2(CN)CC2)CC1. The fourth-order valence-corrected chi connectivity index (χ4v) is 2.33. The molecule has 14 heavy (non-hydrogen) atoms. The Morgan fingerprint density at radius 2 is 1.79 bits per heavy atom. The van der Waals surface area contributed by atoms with Gasteiger partial charge in [-0.3, -0.25) is 0 Å². The van der Waals surface area contributed by atoms with Gasteiger partial charge in [-0.1, -0.05) is 13.8 Å². The molecule has 2 nitrogen and oxygen atoms in total. The van der Waals surface area contributed by atoms with Crippen LogP contribution in [0.5, 0.6) is 0 Å². The predicted molar refractivity (Wildman–Crippen MR) is 60.1 cm³/mol. The van der Waals surface area contributed by atoms with Crippen molar-refractivity contribution in [2.24, 2.45) is 22.5 Å². The zero-order valence-corrected chi connectivity index (χ0v) is 9.60. The van der Waals surface area contributed by atoms with E-state index in [9.17, 15) is 0 Å². The number of hydrogen-bond acceptors (Lipinski definition) is 2. The lowest BCUT2D eigenvalue weighted by atomic mass is 9.92. The summed E-state index contributed by atoms with van der Waals surface area (Å²) < 4.78 is 0. The first-order valence-electron chi connectivity index (χ1n) is 6.03. The molecule has 0 saturated heterocycles. The lowest BCUT2D eigenvalue weighted by Crippen LogP contribution is -2.34. The smallest absolute Gasteiger partial charge is 0.00201 e. The van der Waals surface area contributed by atoms with E-state index in [-0.39, 0.29) is 0 Å². The third-order valence-corrected chi connectivity index (χ3v) is 4.48. The summed E-state index contributed by atoms with van der Waals surface area (Å²) in [7, 11) is 0. The third kappa shape index (κ3) is 1.96. The highest BCUT2D eigenvalue weighted by molar-refractivity contribution is 5.00. The van der Waals surface area contributed by atoms with Crippen molar-refractivity contribution in [3.05, 3.63) is 0 Å². The third-order valence-electron chi connectivity index (χ3n) is 4.48. The number of nitrogens with one attached hydrogen (secondary N) is 1. The fraction of sp³-hybridized carbons (Fsp3) is 1.00. The van der Waals surface area contributed by atoms with Crippen LogP contribution in [0.2, 0.25) is 0 Å². The van der Waals surface area contributed by atoms with Gasteiger partial charge in [0.15, 0.2) is 0 Å². The van der Waals surface area contributed by atoms with E-state index in [0.717, 1.165) is 19.0 Å². The van der Waals surface area contributed by atoms with Crippen molar-refractivity contribution in [1.82, 2.24) is 5.32 Å². The summed E-state index contributed by atoms with van der Waals surface area (Å²) in [6.07, 6.45) is 5.52. The standard InChI is InChI=1S/C12H24N2/c1-10(2)12(5-6-12)9-14-8-11(7-13)3-4-11/h10,14H,3-9,13H2,1-2H3. The van der Waals surface area contributed by atoms with Gasteiger partial charge >= 0.3 is 0 Å². The van der Waals surface area contributed by atoms with E-state index in [4.69, 9.17) is 5.73 Å². The van der Waals surface area contributed by atoms with E-state index < -0.39 is 0 Å². The lowest BCUT2D eigenvalue weighted by Gasteiger charge is -2.22. The summed E-state index contributed by atoms with van der Waals surface area (Å²) in [4.78, 5) is 0. The second kappa shape index (κ2) is 3.49. The van der Waals surface area contributed by atoms with E-state index in [1.807, 2.05) is 0 Å². The minimum absolute atomic E-state index is 0.493. The number of rotatable bonds is 6. The second-order valence-corrected chi connectivity index (χ2v) is 5.82. The van der Waals surface area contributed by atoms with Gasteiger partial charge in [0, 0.05) is 13.1 Å². The Morgan fingerprint density at radius 3 is 2.14 bits per heavy atom. The molecule has 0 aromatic carbocycles. The Kier molecular flexibility index (Phi) is 2.61. The molecule has 0 atom stereocenters. The van der Waals surface area contributed by atoms with E-state index >= 15 is 0 Å². The van der Waals surface area contributed by atoms with Crippen molar-refractivity contribution in [1.29, 1.82) is 0 Å². The first kappa shape index (κ1) is 10.4. The molecule has 82 valence electrons. The molecule has 0 heterocycles. The van der Waals surface area contributed by atoms with Crippen molar-refractivity contribution < 1.29 is 0 Å². The van der Waals surface area contributed by atoms with Gasteiger partial charge in [0.2, 0.25) is 0 Å². The zero-order valence-electron chi connectivity index (χ0n) is 9.60. The van der Waals surface area contributed by atoms with Gasteiger partial charge in [-0.05, 0) is 49.0 Å². The Bertz CT molecular complexity index is 202. The summed E-state index contributed by atoms with van der Waals surface area (Å²) in [5, 5.41) is 3.64. The van der Waals surface area contributed by atoms with E-state index in [2.05, 4.69) is 19.2 Å². The average Bonchev–Trinajstić information content (AvgIpc) is 2.99. The zero-order chi connectivity index (χ0) is 10.2. The van der Waals surface area contributed by atoms with Crippen LogP contribution in [0.15, 0.2) is 0 Å². The van der Waals surface area contributed by atoms with Crippen molar-refractivity contribution in [3.8, 4) is 0 Å². The maximum absolute atomic E-state index is 5.75. The van der Waals surface area contributed by atoms with Crippen LogP contribution in [0.1, 0.15) is 39.5 Å². The summed E-state index contributed by atoms with van der Waals surface area (Å²) in [5.41, 5.74) is 6.89. The first-order valence-corrected chi connectivity index (χ1v) is 6.03. The number of hydrogen-bond donors (Lipinski definition) is 2. The summed E-state index contributed by atoms with van der Waals surface area (Å²) in [6, 6.07) is 0. The summed E-state index contributed by atoms with van der Waals surface area (Å²) in [6.45, 7) is 7.94. The molecule has 2 saturated carbocycles. The predicted octanol–water partition coefficient (Wildman–Crippen LogP) is 1.75. The lowest BCUT2D eigenvalue weighted by molar-refractivity contribution is 0.323. The highest BCUT2D eigenvalue weighted by Gasteiger charge is 2.46. The van der Waals surface area contributed by atoms with Gasteiger partial charge in [-0.2, -0.15) is 0 Å². The maximum Gasteiger partial charge on any atom is 0.00201 e. The Hall–Kier alpha value is -0.0800. The molecule has 0 aromatic rings. The molecule has 0 amide bonds. The largest absolute Gasteiger partial charge is 0.330 e. The van der Waals surface area contributed by atoms with Crippen molar-refractivity contribution in [2.45, 2.75) is 39.5 Å². The molecule has 2 rings (SSSR count). The normalized spacial score (nSPS) is 26.6. The molecular formula is C12H24N2. The highest BCUT2D eigenvalue weighted by atomic mass is 14.9. The van der Waals surface area contributed by atoms with Crippen LogP contribution in [0.4, 0.5) is 0 Å². The molecule has 0 unspecified atom stereocenters. The Labute approximate surface area is 87.6 Å². The van der Waals surface area contributed by atoms with Gasteiger partial charge in [-0.15, -0.1) is 0 Å². The van der Waals surface area contributed by atoms with Gasteiger partial charge < -0.3 is 11.1 Å². The van der Waals surface area contributed by atoms with Gasteiger partial charge in [0.25, 0.3) is 0 Å². The minimum Gasteiger partial charge on any atom is -0.330 e. The van der Waals surface area contributed by atoms with E-state index in [0.29, 0.717) is 10.8 Å². The van der Waals surface area contributed by atoms with Gasteiger partial charge in [0.1, 0.15) is 0 Å². The van der Waals surface area contributed by atoms with Crippen molar-refractivity contribution >= 4 is 0 Å². The molecule has 0 aliphatic heterocycles. The monoisotopic (exact) mass is 196 g/mol. The molecule has 0 radical (unpaired) electrons. The average molecular weight is 196 g/mol. The van der Waals surface area contributed by atoms with Crippen LogP contribution in [0.3, 0.4) is 0 Å². The Balaban J connectivity index is 1.68. The van der Waals surface area contributed by atoms with Crippen LogP contribution in [-0.4, -0.2) is 19.6 Å². The van der Waals surface area contributed by atoms with Gasteiger partial charge in [-0.25, -0.2) is 0 Å². The molecule has 0 bridgehead atoms. The molecule has 3 N–H and O–H groups in total. The Morgan fingerprint density at radius 1 is 1.14 bits per heavy atom. The van der Waals surface area contributed by atoms with Crippen LogP contribution >= 0.6 is 0 Å². The molecule has 2 aliphatic carbocycles. The quantitative estimate of drug-likeness (QED) is 0.679. The van der Waals surface area contributed by atoms with Gasteiger partial charge in [0.05, 0.1) is 0 Å². The molecular weight excluding hydrogens is 172 g/mol. The summed E-state index contributed by atoms with van der Waals surface area (Å²) in [5.74, 6) is 0.836. The van der Waals surface area contributed by atoms with Crippen molar-refractivity contribution in [2.75, 3.05) is 19.6 Å². The summed E-state index contributed by atoms with van der Waals surface area (Å²) >= 11 is 0. The number of nitrogens with two attached hydrogens (primary N) is 1. The van der Waals surface area contributed by atoms with Crippen LogP contribution in [0.25, 0.3) is 0 Å². The molecule has 0 aromatic heterocycles. The second-order valence-electron chi connectivity index (χ2n) is 5.82. The molecule has 0 spiro atoms. The first-order chi connectivity index (χ1) is 6.63. The van der Waals surface area contributed by atoms with Crippen LogP contribution < -0.4 is 11.1 Å². The molecule has 2 heteroatoms. The van der Waals surface area contributed by atoms with Crippen LogP contribution in [0, 0.1) is 16.7 Å². The topological polar surface area (TPSA) is 38.0 Å². The minimum atomic E-state index is 0.493. The molecule has 2 fully saturated rings. The maximum atomic E-state index is 5.75. The van der Waals surface area contributed by atoms with Crippen molar-refractivity contribution in [3.63, 3.8) is 0 Å².